The van der Waals surface area contributed by atoms with Crippen molar-refractivity contribution in [2.45, 2.75) is 47.6 Å². The van der Waals surface area contributed by atoms with Crippen molar-refractivity contribution in [3.05, 3.63) is 24.3 Å². The van der Waals surface area contributed by atoms with Gasteiger partial charge in [-0.25, -0.2) is 9.59 Å². The highest BCUT2D eigenvalue weighted by molar-refractivity contribution is 5.85. The molecule has 0 bridgehead atoms. The Morgan fingerprint density at radius 1 is 1.00 bits per heavy atom. The quantitative estimate of drug-likeness (QED) is 0.578. The molecule has 6 nitrogen and oxygen atoms in total. The summed E-state index contributed by atoms with van der Waals surface area (Å²) in [5.41, 5.74) is -0.0150. The van der Waals surface area contributed by atoms with Crippen LogP contribution in [0.25, 0.3) is 0 Å². The van der Waals surface area contributed by atoms with Crippen LogP contribution in [0.3, 0.4) is 0 Å². The summed E-state index contributed by atoms with van der Waals surface area (Å²) in [5.74, 6) is -1.66. The first-order valence-electron chi connectivity index (χ1n) is 6.77. The summed E-state index contributed by atoms with van der Waals surface area (Å²) < 4.78 is 0. The summed E-state index contributed by atoms with van der Waals surface area (Å²) >= 11 is 0. The number of aliphatic hydroxyl groups is 2. The molecular weight excluding hydrogens is 288 g/mol. The molecule has 0 aliphatic rings. The molecule has 0 aliphatic heterocycles. The van der Waals surface area contributed by atoms with Crippen LogP contribution in [0.1, 0.15) is 41.5 Å². The lowest BCUT2D eigenvalue weighted by Crippen LogP contribution is -2.36. The Labute approximate surface area is 132 Å². The van der Waals surface area contributed by atoms with Crippen molar-refractivity contribution in [1.29, 1.82) is 0 Å². The molecule has 6 heteroatoms. The van der Waals surface area contributed by atoms with Crippen LogP contribution in [-0.2, 0) is 9.59 Å². The zero-order chi connectivity index (χ0) is 18.7. The number of carbonyl (C=O) groups is 2. The molecule has 0 saturated carbocycles. The fraction of sp³-hybridized carbons (Fsp3) is 0.625. The molecule has 0 fully saturated rings. The number of aliphatic carboxylic acids is 2. The summed E-state index contributed by atoms with van der Waals surface area (Å²) in [7, 11) is 0. The van der Waals surface area contributed by atoms with Crippen LogP contribution in [0.15, 0.2) is 24.3 Å². The second kappa shape index (κ2) is 11.9. The first kappa shape index (κ1) is 25.3. The van der Waals surface area contributed by atoms with Crippen molar-refractivity contribution in [3.63, 3.8) is 0 Å². The molecule has 0 radical (unpaired) electrons. The molecule has 130 valence electrons. The molecule has 4 N–H and O–H groups in total. The third-order valence-corrected chi connectivity index (χ3v) is 2.57. The fourth-order valence-electron chi connectivity index (χ4n) is 0.996. The third-order valence-electron chi connectivity index (χ3n) is 2.57. The minimum Gasteiger partial charge on any atom is -0.478 e. The van der Waals surface area contributed by atoms with E-state index in [9.17, 15) is 14.7 Å². The summed E-state index contributed by atoms with van der Waals surface area (Å²) in [6, 6.07) is 0. The lowest BCUT2D eigenvalue weighted by Gasteiger charge is -2.30. The summed E-state index contributed by atoms with van der Waals surface area (Å²) in [5, 5.41) is 34.1. The smallest absolute Gasteiger partial charge is 0.330 e. The second-order valence-electron chi connectivity index (χ2n) is 6.01. The topological polar surface area (TPSA) is 115 Å². The highest BCUT2D eigenvalue weighted by atomic mass is 16.4. The lowest BCUT2D eigenvalue weighted by molar-refractivity contribution is -0.133. The maximum atomic E-state index is 9.60. The average Bonchev–Trinajstić information content (AvgIpc) is 2.38. The predicted molar refractivity (Wildman–Crippen MR) is 86.6 cm³/mol. The van der Waals surface area contributed by atoms with Crippen LogP contribution in [0.4, 0.5) is 0 Å². The average molecular weight is 318 g/mol. The maximum Gasteiger partial charge on any atom is 0.330 e. The van der Waals surface area contributed by atoms with E-state index in [0.717, 1.165) is 0 Å². The van der Waals surface area contributed by atoms with Gasteiger partial charge in [-0.05, 0) is 19.8 Å². The number of rotatable bonds is 5. The summed E-state index contributed by atoms with van der Waals surface area (Å²) in [6.07, 6.45) is -0.419. The van der Waals surface area contributed by atoms with E-state index in [2.05, 4.69) is 13.2 Å². The van der Waals surface area contributed by atoms with Gasteiger partial charge in [0.15, 0.2) is 0 Å². The molecule has 0 aromatic carbocycles. The van der Waals surface area contributed by atoms with E-state index in [1.165, 1.54) is 13.8 Å². The Morgan fingerprint density at radius 2 is 1.23 bits per heavy atom. The number of hydrogen-bond acceptors (Lipinski definition) is 4. The minimum atomic E-state index is -0.935. The Bertz CT molecular complexity index is 334. The third kappa shape index (κ3) is 14.7. The predicted octanol–water partition coefficient (Wildman–Crippen LogP) is 2.32. The van der Waals surface area contributed by atoms with E-state index in [1.54, 1.807) is 0 Å². The Hall–Kier alpha value is -1.66. The summed E-state index contributed by atoms with van der Waals surface area (Å²) in [4.78, 5) is 19.2. The van der Waals surface area contributed by atoms with E-state index >= 15 is 0 Å². The van der Waals surface area contributed by atoms with Gasteiger partial charge in [0.2, 0.25) is 0 Å². The van der Waals surface area contributed by atoms with Crippen molar-refractivity contribution in [2.24, 2.45) is 11.3 Å². The van der Waals surface area contributed by atoms with Crippen LogP contribution in [0, 0.1) is 11.3 Å². The molecule has 0 aromatic heterocycles. The van der Waals surface area contributed by atoms with Crippen LogP contribution in [0.5, 0.6) is 0 Å². The van der Waals surface area contributed by atoms with Gasteiger partial charge in [-0.2, -0.15) is 0 Å². The molecular formula is C16H30O6. The van der Waals surface area contributed by atoms with E-state index in [0.29, 0.717) is 0 Å². The Kier molecular flexibility index (Phi) is 13.7. The van der Waals surface area contributed by atoms with Crippen molar-refractivity contribution in [3.8, 4) is 0 Å². The second-order valence-corrected chi connectivity index (χ2v) is 6.01. The van der Waals surface area contributed by atoms with Crippen LogP contribution in [-0.4, -0.2) is 45.1 Å². The van der Waals surface area contributed by atoms with Gasteiger partial charge in [0.1, 0.15) is 0 Å². The van der Waals surface area contributed by atoms with Crippen molar-refractivity contribution >= 4 is 11.9 Å². The normalized spacial score (nSPS) is 11.3. The Morgan fingerprint density at radius 3 is 1.27 bits per heavy atom. The molecule has 0 spiro atoms. The van der Waals surface area contributed by atoms with Crippen molar-refractivity contribution in [1.82, 2.24) is 0 Å². The van der Waals surface area contributed by atoms with Gasteiger partial charge < -0.3 is 20.4 Å². The van der Waals surface area contributed by atoms with E-state index in [1.807, 2.05) is 27.7 Å². The van der Waals surface area contributed by atoms with Gasteiger partial charge in [0, 0.05) is 16.6 Å². The van der Waals surface area contributed by atoms with E-state index in [-0.39, 0.29) is 29.1 Å². The summed E-state index contributed by atoms with van der Waals surface area (Å²) in [6.45, 7) is 16.8. The molecule has 0 saturated heterocycles. The molecule has 0 aromatic rings. The molecule has 0 rings (SSSR count). The number of carboxylic acids is 2. The van der Waals surface area contributed by atoms with Gasteiger partial charge in [-0.1, -0.05) is 40.9 Å². The van der Waals surface area contributed by atoms with Crippen LogP contribution in [0.2, 0.25) is 0 Å². The fourth-order valence-corrected chi connectivity index (χ4v) is 0.996. The lowest BCUT2D eigenvalue weighted by atomic mass is 9.82. The highest BCUT2D eigenvalue weighted by Gasteiger charge is 2.28. The molecule has 1 unspecified atom stereocenters. The van der Waals surface area contributed by atoms with Crippen molar-refractivity contribution in [2.75, 3.05) is 6.61 Å². The number of aliphatic hydroxyl groups excluding tert-OH is 2. The molecule has 0 aliphatic carbocycles. The zero-order valence-electron chi connectivity index (χ0n) is 14.4. The zero-order valence-corrected chi connectivity index (χ0v) is 14.4. The first-order chi connectivity index (χ1) is 9.70. The molecule has 0 amide bonds. The van der Waals surface area contributed by atoms with Crippen LogP contribution >= 0.6 is 0 Å². The number of carboxylic acid groups (broad SMARTS) is 2. The SMILES string of the molecule is C=C(C)C(=O)O.C=C(C)C(=O)O.CC(C)C(O)C(C)(C)CO. The monoisotopic (exact) mass is 318 g/mol. The van der Waals surface area contributed by atoms with Gasteiger partial charge >= 0.3 is 11.9 Å². The largest absolute Gasteiger partial charge is 0.478 e. The maximum absolute atomic E-state index is 9.60. The van der Waals surface area contributed by atoms with Gasteiger partial charge in [-0.3, -0.25) is 0 Å². The highest BCUT2D eigenvalue weighted by Crippen LogP contribution is 2.24. The first-order valence-corrected chi connectivity index (χ1v) is 6.77. The molecule has 22 heavy (non-hydrogen) atoms. The van der Waals surface area contributed by atoms with Gasteiger partial charge in [0.05, 0.1) is 12.7 Å². The van der Waals surface area contributed by atoms with Crippen LogP contribution < -0.4 is 0 Å². The number of hydrogen-bond donors (Lipinski definition) is 4. The minimum absolute atomic E-state index is 0.0341. The molecule has 0 heterocycles. The van der Waals surface area contributed by atoms with E-state index < -0.39 is 18.0 Å². The van der Waals surface area contributed by atoms with E-state index in [4.69, 9.17) is 15.3 Å². The molecule has 1 atom stereocenters. The van der Waals surface area contributed by atoms with Gasteiger partial charge in [0.25, 0.3) is 0 Å². The Balaban J connectivity index is -0.000000261. The standard InChI is InChI=1S/C8H18O2.2C4H6O2/c1-6(2)7(10)8(3,4)5-9;2*1-3(2)4(5)6/h6-7,9-10H,5H2,1-4H3;2*1H2,2H3,(H,5,6). The van der Waals surface area contributed by atoms with Crippen molar-refractivity contribution < 1.29 is 30.0 Å². The van der Waals surface area contributed by atoms with Gasteiger partial charge in [-0.15, -0.1) is 0 Å².